The molecule has 0 amide bonds. The summed E-state index contributed by atoms with van der Waals surface area (Å²) in [6.45, 7) is 6.22. The van der Waals surface area contributed by atoms with Gasteiger partial charge in [-0.25, -0.2) is 0 Å². The van der Waals surface area contributed by atoms with E-state index < -0.39 is 6.10 Å². The number of benzene rings is 1. The molecule has 0 fully saturated rings. The van der Waals surface area contributed by atoms with E-state index in [1.807, 2.05) is 25.1 Å². The molecule has 1 N–H and O–H groups in total. The van der Waals surface area contributed by atoms with Gasteiger partial charge in [-0.15, -0.1) is 0 Å². The lowest BCUT2D eigenvalue weighted by Gasteiger charge is -2.16. The third kappa shape index (κ3) is 3.24. The summed E-state index contributed by atoms with van der Waals surface area (Å²) in [6, 6.07) is 5.90. The molecular formula is C13H20O2. The monoisotopic (exact) mass is 208 g/mol. The third-order valence-electron chi connectivity index (χ3n) is 2.44. The van der Waals surface area contributed by atoms with Gasteiger partial charge in [-0.2, -0.15) is 0 Å². The topological polar surface area (TPSA) is 29.5 Å². The maximum atomic E-state index is 10.0. The van der Waals surface area contributed by atoms with E-state index in [9.17, 15) is 5.11 Å². The van der Waals surface area contributed by atoms with Crippen LogP contribution in [0.3, 0.4) is 0 Å². The van der Waals surface area contributed by atoms with Crippen LogP contribution in [0.4, 0.5) is 0 Å². The molecule has 0 saturated carbocycles. The lowest BCUT2D eigenvalue weighted by molar-refractivity contribution is 0.147. The molecule has 1 aromatic carbocycles. The zero-order valence-electron chi connectivity index (χ0n) is 9.95. The van der Waals surface area contributed by atoms with Crippen molar-refractivity contribution in [2.75, 3.05) is 7.11 Å². The van der Waals surface area contributed by atoms with E-state index >= 15 is 0 Å². The molecule has 1 unspecified atom stereocenters. The first-order valence-corrected chi connectivity index (χ1v) is 5.37. The van der Waals surface area contributed by atoms with Crippen LogP contribution in [0.2, 0.25) is 0 Å². The minimum absolute atomic E-state index is 0.430. The highest BCUT2D eigenvalue weighted by Gasteiger charge is 2.14. The average molecular weight is 208 g/mol. The molecule has 0 aromatic heterocycles. The average Bonchev–Trinajstić information content (AvgIpc) is 2.16. The highest BCUT2D eigenvalue weighted by Crippen LogP contribution is 2.29. The summed E-state index contributed by atoms with van der Waals surface area (Å²) in [7, 11) is 1.64. The highest BCUT2D eigenvalue weighted by molar-refractivity contribution is 5.38. The third-order valence-corrected chi connectivity index (χ3v) is 2.44. The SMILES string of the molecule is COc1cc(C)ccc1C(O)CC(C)C. The Bertz CT molecular complexity index is 318. The molecule has 0 saturated heterocycles. The van der Waals surface area contributed by atoms with Gasteiger partial charge >= 0.3 is 0 Å². The van der Waals surface area contributed by atoms with Gasteiger partial charge < -0.3 is 9.84 Å². The first-order valence-electron chi connectivity index (χ1n) is 5.37. The standard InChI is InChI=1S/C13H20O2/c1-9(2)7-12(14)11-6-5-10(3)8-13(11)15-4/h5-6,8-9,12,14H,7H2,1-4H3. The van der Waals surface area contributed by atoms with Gasteiger partial charge in [0.1, 0.15) is 5.75 Å². The predicted molar refractivity (Wildman–Crippen MR) is 62.1 cm³/mol. The van der Waals surface area contributed by atoms with Crippen molar-refractivity contribution in [1.29, 1.82) is 0 Å². The van der Waals surface area contributed by atoms with Gasteiger partial charge in [-0.1, -0.05) is 26.0 Å². The van der Waals surface area contributed by atoms with Crippen LogP contribution in [-0.4, -0.2) is 12.2 Å². The fraction of sp³-hybridized carbons (Fsp3) is 0.538. The Morgan fingerprint density at radius 3 is 2.53 bits per heavy atom. The molecule has 84 valence electrons. The van der Waals surface area contributed by atoms with E-state index in [-0.39, 0.29) is 0 Å². The van der Waals surface area contributed by atoms with Crippen molar-refractivity contribution in [2.24, 2.45) is 5.92 Å². The number of hydrogen-bond acceptors (Lipinski definition) is 2. The van der Waals surface area contributed by atoms with Gasteiger partial charge in [-0.05, 0) is 30.9 Å². The van der Waals surface area contributed by atoms with Crippen molar-refractivity contribution in [2.45, 2.75) is 33.3 Å². The Morgan fingerprint density at radius 1 is 1.33 bits per heavy atom. The maximum absolute atomic E-state index is 10.0. The molecule has 0 heterocycles. The predicted octanol–water partition coefficient (Wildman–Crippen LogP) is 3.08. The summed E-state index contributed by atoms with van der Waals surface area (Å²) in [4.78, 5) is 0. The molecule has 0 radical (unpaired) electrons. The minimum Gasteiger partial charge on any atom is -0.496 e. The second-order valence-electron chi connectivity index (χ2n) is 4.39. The van der Waals surface area contributed by atoms with Crippen molar-refractivity contribution >= 4 is 0 Å². The van der Waals surface area contributed by atoms with Crippen molar-refractivity contribution in [3.05, 3.63) is 29.3 Å². The Morgan fingerprint density at radius 2 is 2.00 bits per heavy atom. The van der Waals surface area contributed by atoms with Crippen LogP contribution in [0.5, 0.6) is 5.75 Å². The van der Waals surface area contributed by atoms with Gasteiger partial charge in [0.25, 0.3) is 0 Å². The van der Waals surface area contributed by atoms with E-state index in [4.69, 9.17) is 4.74 Å². The van der Waals surface area contributed by atoms with Crippen LogP contribution in [0.1, 0.15) is 37.5 Å². The van der Waals surface area contributed by atoms with Gasteiger partial charge in [0.15, 0.2) is 0 Å². The molecule has 0 spiro atoms. The summed E-state index contributed by atoms with van der Waals surface area (Å²) >= 11 is 0. The van der Waals surface area contributed by atoms with Crippen LogP contribution in [0.15, 0.2) is 18.2 Å². The van der Waals surface area contributed by atoms with Gasteiger partial charge in [0.05, 0.1) is 13.2 Å². The molecule has 0 aliphatic carbocycles. The lowest BCUT2D eigenvalue weighted by atomic mass is 9.98. The smallest absolute Gasteiger partial charge is 0.124 e. The van der Waals surface area contributed by atoms with Crippen molar-refractivity contribution < 1.29 is 9.84 Å². The van der Waals surface area contributed by atoms with Crippen LogP contribution < -0.4 is 4.74 Å². The molecule has 0 aliphatic heterocycles. The second kappa shape index (κ2) is 5.17. The Balaban J connectivity index is 2.92. The summed E-state index contributed by atoms with van der Waals surface area (Å²) in [5.41, 5.74) is 2.03. The molecule has 0 bridgehead atoms. The maximum Gasteiger partial charge on any atom is 0.124 e. The first kappa shape index (κ1) is 12.1. The van der Waals surface area contributed by atoms with Crippen molar-refractivity contribution in [3.8, 4) is 5.75 Å². The number of aliphatic hydroxyl groups is 1. The fourth-order valence-electron chi connectivity index (χ4n) is 1.67. The van der Waals surface area contributed by atoms with Crippen LogP contribution in [0.25, 0.3) is 0 Å². The van der Waals surface area contributed by atoms with Crippen LogP contribution >= 0.6 is 0 Å². The largest absolute Gasteiger partial charge is 0.496 e. The number of hydrogen-bond donors (Lipinski definition) is 1. The van der Waals surface area contributed by atoms with Crippen LogP contribution in [-0.2, 0) is 0 Å². The van der Waals surface area contributed by atoms with E-state index in [2.05, 4.69) is 13.8 Å². The molecule has 1 aromatic rings. The zero-order chi connectivity index (χ0) is 11.4. The quantitative estimate of drug-likeness (QED) is 0.824. The molecule has 15 heavy (non-hydrogen) atoms. The van der Waals surface area contributed by atoms with Crippen LogP contribution in [0, 0.1) is 12.8 Å². The molecule has 2 heteroatoms. The summed E-state index contributed by atoms with van der Waals surface area (Å²) in [5.74, 6) is 1.26. The summed E-state index contributed by atoms with van der Waals surface area (Å²) < 4.78 is 5.27. The number of aliphatic hydroxyl groups excluding tert-OH is 1. The molecule has 1 rings (SSSR count). The summed E-state index contributed by atoms with van der Waals surface area (Å²) in [5, 5.41) is 10.0. The highest BCUT2D eigenvalue weighted by atomic mass is 16.5. The number of aryl methyl sites for hydroxylation is 1. The van der Waals surface area contributed by atoms with E-state index in [1.165, 1.54) is 0 Å². The molecule has 0 aliphatic rings. The fourth-order valence-corrected chi connectivity index (χ4v) is 1.67. The van der Waals surface area contributed by atoms with E-state index in [1.54, 1.807) is 7.11 Å². The molecule has 1 atom stereocenters. The second-order valence-corrected chi connectivity index (χ2v) is 4.39. The van der Waals surface area contributed by atoms with Gasteiger partial charge in [0, 0.05) is 5.56 Å². The summed E-state index contributed by atoms with van der Waals surface area (Å²) in [6.07, 6.45) is 0.333. The Kier molecular flexibility index (Phi) is 4.15. The number of ether oxygens (including phenoxy) is 1. The van der Waals surface area contributed by atoms with Crippen molar-refractivity contribution in [3.63, 3.8) is 0 Å². The number of rotatable bonds is 4. The molecule has 2 nitrogen and oxygen atoms in total. The Hall–Kier alpha value is -1.02. The van der Waals surface area contributed by atoms with Gasteiger partial charge in [-0.3, -0.25) is 0 Å². The first-order chi connectivity index (χ1) is 7.04. The Labute approximate surface area is 91.9 Å². The normalized spacial score (nSPS) is 12.9. The van der Waals surface area contributed by atoms with E-state index in [0.717, 1.165) is 23.3 Å². The van der Waals surface area contributed by atoms with E-state index in [0.29, 0.717) is 5.92 Å². The van der Waals surface area contributed by atoms with Gasteiger partial charge in [0.2, 0.25) is 0 Å². The zero-order valence-corrected chi connectivity index (χ0v) is 9.95. The van der Waals surface area contributed by atoms with Crippen molar-refractivity contribution in [1.82, 2.24) is 0 Å². The lowest BCUT2D eigenvalue weighted by Crippen LogP contribution is -2.04. The number of methoxy groups -OCH3 is 1. The minimum atomic E-state index is -0.430. The molecular weight excluding hydrogens is 188 g/mol.